The van der Waals surface area contributed by atoms with Crippen LogP contribution in [0, 0.1) is 0 Å². The highest BCUT2D eigenvalue weighted by Crippen LogP contribution is 2.30. The van der Waals surface area contributed by atoms with Gasteiger partial charge in [-0.25, -0.2) is 28.2 Å². The molecule has 40 heavy (non-hydrogen) atoms. The van der Waals surface area contributed by atoms with E-state index in [2.05, 4.69) is 24.8 Å². The third-order valence-electron chi connectivity index (χ3n) is 6.25. The molecule has 0 atom stereocenters. The number of aromatic nitrogens is 3. The van der Waals surface area contributed by atoms with Crippen molar-refractivity contribution < 1.29 is 23.1 Å². The Balaban J connectivity index is 1.45. The molecule has 0 spiro atoms. The first kappa shape index (κ1) is 29.8. The zero-order valence-corrected chi connectivity index (χ0v) is 24.5. The van der Waals surface area contributed by atoms with Gasteiger partial charge in [0.05, 0.1) is 23.8 Å². The Morgan fingerprint density at radius 1 is 1.05 bits per heavy atom. The summed E-state index contributed by atoms with van der Waals surface area (Å²) in [5.74, 6) is 1.37. The molecule has 1 amide bonds. The van der Waals surface area contributed by atoms with Crippen molar-refractivity contribution in [3.63, 3.8) is 0 Å². The fraction of sp³-hybridized carbons (Fsp3) is 0.385. The minimum Gasteiger partial charge on any atom is -0.465 e. The van der Waals surface area contributed by atoms with E-state index in [-0.39, 0.29) is 18.2 Å². The number of halogens is 2. The largest absolute Gasteiger partial charge is 0.465 e. The fourth-order valence-corrected chi connectivity index (χ4v) is 5.44. The molecule has 0 unspecified atom stereocenters. The van der Waals surface area contributed by atoms with E-state index in [1.165, 1.54) is 13.3 Å². The number of hydrogen-bond donors (Lipinski definition) is 1. The van der Waals surface area contributed by atoms with Gasteiger partial charge in [0.15, 0.2) is 5.75 Å². The van der Waals surface area contributed by atoms with Crippen molar-refractivity contribution in [1.29, 1.82) is 0 Å². The zero-order chi connectivity index (χ0) is 28.9. The molecule has 2 aromatic heterocycles. The van der Waals surface area contributed by atoms with Gasteiger partial charge in [0, 0.05) is 67.7 Å². The summed E-state index contributed by atoms with van der Waals surface area (Å²) < 4.78 is 28.7. The molecule has 4 rings (SSSR count). The fourth-order valence-electron chi connectivity index (χ4n) is 4.26. The van der Waals surface area contributed by atoms with Crippen LogP contribution in [0.25, 0.3) is 11.3 Å². The highest BCUT2D eigenvalue weighted by molar-refractivity contribution is 7.90. The van der Waals surface area contributed by atoms with E-state index in [0.29, 0.717) is 45.0 Å². The van der Waals surface area contributed by atoms with Crippen molar-refractivity contribution in [2.75, 3.05) is 56.7 Å². The van der Waals surface area contributed by atoms with E-state index in [0.717, 1.165) is 37.6 Å². The number of benzene rings is 1. The van der Waals surface area contributed by atoms with Crippen LogP contribution in [0.1, 0.15) is 12.0 Å². The van der Waals surface area contributed by atoms with Crippen LogP contribution in [0.5, 0.6) is 11.6 Å². The van der Waals surface area contributed by atoms with Crippen molar-refractivity contribution in [3.05, 3.63) is 58.3 Å². The highest BCUT2D eigenvalue weighted by atomic mass is 35.5. The molecule has 0 bridgehead atoms. The number of piperazine rings is 1. The minimum absolute atomic E-state index is 0.116. The molecular weight excluding hydrogens is 579 g/mol. The average molecular weight is 610 g/mol. The molecule has 1 fully saturated rings. The van der Waals surface area contributed by atoms with Crippen LogP contribution in [0.2, 0.25) is 10.0 Å². The van der Waals surface area contributed by atoms with Crippen LogP contribution in [-0.4, -0.2) is 96.1 Å². The van der Waals surface area contributed by atoms with Gasteiger partial charge in [-0.1, -0.05) is 23.2 Å². The van der Waals surface area contributed by atoms with Crippen LogP contribution in [0.15, 0.2) is 42.7 Å². The van der Waals surface area contributed by atoms with Gasteiger partial charge < -0.3 is 19.6 Å². The summed E-state index contributed by atoms with van der Waals surface area (Å²) in [6, 6.07) is 8.46. The van der Waals surface area contributed by atoms with E-state index in [1.807, 2.05) is 0 Å². The molecule has 3 aromatic rings. The Kier molecular flexibility index (Phi) is 9.67. The maximum Gasteiger partial charge on any atom is 0.407 e. The van der Waals surface area contributed by atoms with Gasteiger partial charge in [0.2, 0.25) is 11.8 Å². The summed E-state index contributed by atoms with van der Waals surface area (Å²) in [5.41, 5.74) is 1.83. The van der Waals surface area contributed by atoms with Crippen LogP contribution in [0.4, 0.5) is 10.7 Å². The number of ether oxygens (including phenoxy) is 1. The molecule has 3 heterocycles. The lowest BCUT2D eigenvalue weighted by Gasteiger charge is -2.34. The van der Waals surface area contributed by atoms with Gasteiger partial charge >= 0.3 is 6.09 Å². The van der Waals surface area contributed by atoms with Crippen LogP contribution in [-0.2, 0) is 16.4 Å². The molecule has 14 heteroatoms. The van der Waals surface area contributed by atoms with Gasteiger partial charge in [0.25, 0.3) is 0 Å². The summed E-state index contributed by atoms with van der Waals surface area (Å²) >= 11 is 12.4. The Morgan fingerprint density at radius 2 is 1.70 bits per heavy atom. The quantitative estimate of drug-likeness (QED) is 0.355. The first-order valence-corrected chi connectivity index (χ1v) is 15.3. The van der Waals surface area contributed by atoms with Gasteiger partial charge in [-0.3, -0.25) is 4.90 Å². The molecule has 11 nitrogen and oxygen atoms in total. The van der Waals surface area contributed by atoms with E-state index in [4.69, 9.17) is 27.9 Å². The van der Waals surface area contributed by atoms with Crippen molar-refractivity contribution >= 4 is 45.1 Å². The molecule has 0 saturated carbocycles. The third-order valence-corrected chi connectivity index (χ3v) is 7.71. The molecule has 0 radical (unpaired) electrons. The average Bonchev–Trinajstić information content (AvgIpc) is 2.88. The van der Waals surface area contributed by atoms with Crippen molar-refractivity contribution in [1.82, 2.24) is 24.8 Å². The molecule has 1 aromatic carbocycles. The van der Waals surface area contributed by atoms with Gasteiger partial charge in [0.1, 0.15) is 9.84 Å². The molecule has 0 aliphatic carbocycles. The maximum atomic E-state index is 11.4. The standard InChI is InChI=1S/C26H30Cl2N6O5S/c1-32(26(35)36)17-18-10-23(19-12-20(27)14-21(28)13-19)31-24(11-18)39-22-15-29-25(30-16-22)34-7-5-33(6-8-34)4-3-9-40(2,37)38/h10-16H,3-9,17H2,1-2H3,(H,35,36). The van der Waals surface area contributed by atoms with Crippen molar-refractivity contribution in [2.45, 2.75) is 13.0 Å². The second-order valence-corrected chi connectivity index (χ2v) is 12.8. The SMILES string of the molecule is CN(Cc1cc(Oc2cnc(N3CCN(CCCS(C)(=O)=O)CC3)nc2)nc(-c2cc(Cl)cc(Cl)c2)c1)C(=O)O. The normalized spacial score (nSPS) is 14.2. The number of carbonyl (C=O) groups is 1. The lowest BCUT2D eigenvalue weighted by Crippen LogP contribution is -2.47. The Morgan fingerprint density at radius 3 is 2.30 bits per heavy atom. The smallest absolute Gasteiger partial charge is 0.407 e. The number of rotatable bonds is 10. The number of anilines is 1. The molecule has 1 N–H and O–H groups in total. The number of hydrogen-bond acceptors (Lipinski definition) is 9. The summed E-state index contributed by atoms with van der Waals surface area (Å²) in [5, 5.41) is 10.2. The van der Waals surface area contributed by atoms with Crippen molar-refractivity contribution in [2.24, 2.45) is 0 Å². The predicted octanol–water partition coefficient (Wildman–Crippen LogP) is 4.30. The maximum absolute atomic E-state index is 11.4. The number of sulfone groups is 1. The Labute approximate surface area is 243 Å². The minimum atomic E-state index is -2.95. The highest BCUT2D eigenvalue weighted by Gasteiger charge is 2.19. The van der Waals surface area contributed by atoms with Crippen LogP contribution >= 0.6 is 23.2 Å². The van der Waals surface area contributed by atoms with Gasteiger partial charge in [-0.05, 0) is 42.8 Å². The molecule has 1 aliphatic rings. The second-order valence-electron chi connectivity index (χ2n) is 9.63. The molecular formula is C26H30Cl2N6O5S. The van der Waals surface area contributed by atoms with E-state index in [9.17, 15) is 18.3 Å². The molecule has 214 valence electrons. The zero-order valence-electron chi connectivity index (χ0n) is 22.1. The van der Waals surface area contributed by atoms with Gasteiger partial charge in [-0.2, -0.15) is 0 Å². The van der Waals surface area contributed by atoms with E-state index < -0.39 is 15.9 Å². The lowest BCUT2D eigenvalue weighted by molar-refractivity contribution is 0.153. The van der Waals surface area contributed by atoms with Crippen LogP contribution < -0.4 is 9.64 Å². The Hall–Kier alpha value is -3.19. The topological polar surface area (TPSA) is 129 Å². The third kappa shape index (κ3) is 8.65. The Bertz CT molecular complexity index is 1430. The molecule has 1 saturated heterocycles. The number of pyridine rings is 1. The number of nitrogens with zero attached hydrogens (tertiary/aromatic N) is 6. The summed E-state index contributed by atoms with van der Waals surface area (Å²) in [6.07, 6.45) is 3.94. The van der Waals surface area contributed by atoms with E-state index >= 15 is 0 Å². The monoisotopic (exact) mass is 608 g/mol. The first-order valence-electron chi connectivity index (χ1n) is 12.5. The second kappa shape index (κ2) is 13.0. The van der Waals surface area contributed by atoms with Crippen molar-refractivity contribution in [3.8, 4) is 22.9 Å². The predicted molar refractivity (Wildman–Crippen MR) is 154 cm³/mol. The van der Waals surface area contributed by atoms with Gasteiger partial charge in [-0.15, -0.1) is 0 Å². The summed E-state index contributed by atoms with van der Waals surface area (Å²) in [6.45, 7) is 3.90. The first-order chi connectivity index (χ1) is 18.9. The van der Waals surface area contributed by atoms with Crippen LogP contribution in [0.3, 0.4) is 0 Å². The summed E-state index contributed by atoms with van der Waals surface area (Å²) in [7, 11) is -1.47. The summed E-state index contributed by atoms with van der Waals surface area (Å²) in [4.78, 5) is 30.3. The number of carboxylic acid groups (broad SMARTS) is 1. The molecule has 1 aliphatic heterocycles. The lowest BCUT2D eigenvalue weighted by atomic mass is 10.1. The number of amides is 1. The van der Waals surface area contributed by atoms with E-state index in [1.54, 1.807) is 42.7 Å².